The van der Waals surface area contributed by atoms with Gasteiger partial charge in [-0.1, -0.05) is 0 Å². The Balaban J connectivity index is 1.36. The molecule has 0 unspecified atom stereocenters. The number of hydrogen-bond acceptors (Lipinski definition) is 5. The fraction of sp³-hybridized carbons (Fsp3) is 0.273. The molecule has 0 spiro atoms. The molecular formula is C22H20F3N3O3. The molecule has 3 aromatic rings. The summed E-state index contributed by atoms with van der Waals surface area (Å²) >= 11 is 0. The first-order chi connectivity index (χ1) is 15.0. The van der Waals surface area contributed by atoms with Crippen molar-refractivity contribution >= 4 is 17.3 Å². The lowest BCUT2D eigenvalue weighted by Crippen LogP contribution is -2.36. The number of halogens is 3. The second-order valence-electron chi connectivity index (χ2n) is 7.09. The van der Waals surface area contributed by atoms with Crippen LogP contribution in [0.25, 0.3) is 11.3 Å². The maximum atomic E-state index is 14.0. The molecule has 1 saturated heterocycles. The van der Waals surface area contributed by atoms with Crippen LogP contribution in [0.5, 0.6) is 0 Å². The smallest absolute Gasteiger partial charge is 0.224 e. The molecule has 1 N–H and O–H groups in total. The lowest BCUT2D eigenvalue weighted by molar-refractivity contribution is -0.116. The molecule has 1 aromatic heterocycles. The number of nitrogens with one attached hydrogen (secondary N) is 1. The number of aromatic nitrogens is 1. The molecule has 0 saturated carbocycles. The van der Waals surface area contributed by atoms with E-state index in [0.717, 1.165) is 12.1 Å². The number of ether oxygens (including phenoxy) is 1. The van der Waals surface area contributed by atoms with Gasteiger partial charge in [-0.25, -0.2) is 18.2 Å². The summed E-state index contributed by atoms with van der Waals surface area (Å²) in [6, 6.07) is 7.53. The normalized spacial score (nSPS) is 14.0. The molecular weight excluding hydrogens is 411 g/mol. The van der Waals surface area contributed by atoms with Crippen molar-refractivity contribution in [2.45, 2.75) is 12.8 Å². The number of morpholine rings is 1. The van der Waals surface area contributed by atoms with Crippen molar-refractivity contribution in [3.8, 4) is 11.3 Å². The maximum Gasteiger partial charge on any atom is 0.224 e. The predicted molar refractivity (Wildman–Crippen MR) is 108 cm³/mol. The van der Waals surface area contributed by atoms with E-state index in [1.807, 2.05) is 4.90 Å². The molecule has 31 heavy (non-hydrogen) atoms. The standard InChI is InChI=1S/C22H20F3N3O3/c23-14-1-2-18(19(25)11-14)20-13-26-22(31-20)4-3-21(29)27-16-9-15(24)10-17(12-16)28-5-7-30-8-6-28/h1-2,9-13H,3-8H2,(H,27,29). The molecule has 4 rings (SSSR count). The summed E-state index contributed by atoms with van der Waals surface area (Å²) in [5.41, 5.74) is 1.12. The number of amides is 1. The molecule has 0 atom stereocenters. The average molecular weight is 431 g/mol. The van der Waals surface area contributed by atoms with Crippen molar-refractivity contribution in [2.24, 2.45) is 0 Å². The van der Waals surface area contributed by atoms with Gasteiger partial charge in [0.05, 0.1) is 25.0 Å². The van der Waals surface area contributed by atoms with E-state index in [0.29, 0.717) is 37.7 Å². The van der Waals surface area contributed by atoms with E-state index in [2.05, 4.69) is 10.3 Å². The van der Waals surface area contributed by atoms with Gasteiger partial charge in [-0.3, -0.25) is 4.79 Å². The molecule has 2 aromatic carbocycles. The molecule has 0 radical (unpaired) electrons. The number of anilines is 2. The lowest BCUT2D eigenvalue weighted by Gasteiger charge is -2.29. The zero-order chi connectivity index (χ0) is 21.8. The molecule has 1 aliphatic rings. The first kappa shape index (κ1) is 20.9. The summed E-state index contributed by atoms with van der Waals surface area (Å²) in [6.07, 6.45) is 1.53. The highest BCUT2D eigenvalue weighted by atomic mass is 19.1. The second-order valence-corrected chi connectivity index (χ2v) is 7.09. The van der Waals surface area contributed by atoms with E-state index in [4.69, 9.17) is 9.15 Å². The van der Waals surface area contributed by atoms with Crippen LogP contribution in [-0.2, 0) is 16.0 Å². The topological polar surface area (TPSA) is 67.6 Å². The van der Waals surface area contributed by atoms with E-state index in [1.54, 1.807) is 6.07 Å². The van der Waals surface area contributed by atoms with Crippen LogP contribution < -0.4 is 10.2 Å². The van der Waals surface area contributed by atoms with Gasteiger partial charge in [-0.05, 0) is 30.3 Å². The molecule has 6 nitrogen and oxygen atoms in total. The monoisotopic (exact) mass is 431 g/mol. The van der Waals surface area contributed by atoms with Crippen LogP contribution in [0.15, 0.2) is 47.0 Å². The van der Waals surface area contributed by atoms with Gasteiger partial charge in [-0.2, -0.15) is 0 Å². The van der Waals surface area contributed by atoms with Gasteiger partial charge >= 0.3 is 0 Å². The van der Waals surface area contributed by atoms with Crippen molar-refractivity contribution in [3.05, 3.63) is 65.9 Å². The Hall–Kier alpha value is -3.33. The number of hydrogen-bond donors (Lipinski definition) is 1. The molecule has 1 amide bonds. The Morgan fingerprint density at radius 2 is 1.87 bits per heavy atom. The number of carbonyl (C=O) groups excluding carboxylic acids is 1. The van der Waals surface area contributed by atoms with Gasteiger partial charge in [-0.15, -0.1) is 0 Å². The van der Waals surface area contributed by atoms with Crippen molar-refractivity contribution in [1.29, 1.82) is 0 Å². The van der Waals surface area contributed by atoms with E-state index >= 15 is 0 Å². The summed E-state index contributed by atoms with van der Waals surface area (Å²) in [5, 5.41) is 2.68. The Morgan fingerprint density at radius 1 is 1.06 bits per heavy atom. The Bertz CT molecular complexity index is 1080. The minimum atomic E-state index is -0.761. The van der Waals surface area contributed by atoms with Gasteiger partial charge < -0.3 is 19.4 Å². The van der Waals surface area contributed by atoms with Crippen molar-refractivity contribution < 1.29 is 27.1 Å². The summed E-state index contributed by atoms with van der Waals surface area (Å²) in [4.78, 5) is 18.3. The second kappa shape index (κ2) is 9.22. The highest BCUT2D eigenvalue weighted by Crippen LogP contribution is 2.25. The number of rotatable bonds is 6. The van der Waals surface area contributed by atoms with Gasteiger partial charge in [0.25, 0.3) is 0 Å². The molecule has 2 heterocycles. The zero-order valence-electron chi connectivity index (χ0n) is 16.5. The molecule has 0 bridgehead atoms. The quantitative estimate of drug-likeness (QED) is 0.635. The Kier molecular flexibility index (Phi) is 6.22. The van der Waals surface area contributed by atoms with Gasteiger partial charge in [0.2, 0.25) is 5.91 Å². The minimum absolute atomic E-state index is 0.0370. The fourth-order valence-corrected chi connectivity index (χ4v) is 3.33. The average Bonchev–Trinajstić information content (AvgIpc) is 3.21. The Labute approximate surface area is 176 Å². The van der Waals surface area contributed by atoms with Gasteiger partial charge in [0, 0.05) is 43.4 Å². The fourth-order valence-electron chi connectivity index (χ4n) is 3.33. The van der Waals surface area contributed by atoms with Crippen molar-refractivity contribution in [2.75, 3.05) is 36.5 Å². The summed E-state index contributed by atoms with van der Waals surface area (Å²) in [7, 11) is 0. The van der Waals surface area contributed by atoms with Gasteiger partial charge in [0.1, 0.15) is 17.5 Å². The highest BCUT2D eigenvalue weighted by Gasteiger charge is 2.15. The molecule has 1 fully saturated rings. The SMILES string of the molecule is O=C(CCc1ncc(-c2ccc(F)cc2F)o1)Nc1cc(F)cc(N2CCOCC2)c1. The third-order valence-corrected chi connectivity index (χ3v) is 4.86. The van der Waals surface area contributed by atoms with E-state index < -0.39 is 17.5 Å². The summed E-state index contributed by atoms with van der Waals surface area (Å²) < 4.78 is 51.7. The van der Waals surface area contributed by atoms with Crippen molar-refractivity contribution in [3.63, 3.8) is 0 Å². The lowest BCUT2D eigenvalue weighted by atomic mass is 10.2. The molecule has 162 valence electrons. The minimum Gasteiger partial charge on any atom is -0.441 e. The highest BCUT2D eigenvalue weighted by molar-refractivity contribution is 5.91. The van der Waals surface area contributed by atoms with E-state index in [-0.39, 0.29) is 36.0 Å². The third-order valence-electron chi connectivity index (χ3n) is 4.86. The van der Waals surface area contributed by atoms with Crippen LogP contribution in [0.4, 0.5) is 24.5 Å². The number of oxazole rings is 1. The van der Waals surface area contributed by atoms with Crippen LogP contribution in [0.1, 0.15) is 12.3 Å². The van der Waals surface area contributed by atoms with Crippen LogP contribution >= 0.6 is 0 Å². The van der Waals surface area contributed by atoms with Gasteiger partial charge in [0.15, 0.2) is 11.7 Å². The molecule has 0 aliphatic carbocycles. The van der Waals surface area contributed by atoms with E-state index in [1.165, 1.54) is 24.4 Å². The molecule has 1 aliphatic heterocycles. The first-order valence-electron chi connectivity index (χ1n) is 9.81. The maximum absolute atomic E-state index is 14.0. The zero-order valence-corrected chi connectivity index (χ0v) is 16.5. The number of benzene rings is 2. The van der Waals surface area contributed by atoms with Crippen molar-refractivity contribution in [1.82, 2.24) is 4.98 Å². The summed E-state index contributed by atoms with van der Waals surface area (Å²) in [6.45, 7) is 2.44. The number of carbonyl (C=O) groups is 1. The first-order valence-corrected chi connectivity index (χ1v) is 9.81. The molecule has 9 heteroatoms. The van der Waals surface area contributed by atoms with Crippen LogP contribution in [-0.4, -0.2) is 37.2 Å². The Morgan fingerprint density at radius 3 is 2.65 bits per heavy atom. The largest absolute Gasteiger partial charge is 0.441 e. The number of aryl methyl sites for hydroxylation is 1. The van der Waals surface area contributed by atoms with Crippen LogP contribution in [0.3, 0.4) is 0 Å². The summed E-state index contributed by atoms with van der Waals surface area (Å²) in [5.74, 6) is -1.85. The van der Waals surface area contributed by atoms with Crippen LogP contribution in [0.2, 0.25) is 0 Å². The number of nitrogens with zero attached hydrogens (tertiary/aromatic N) is 2. The third kappa shape index (κ3) is 5.24. The van der Waals surface area contributed by atoms with E-state index in [9.17, 15) is 18.0 Å². The van der Waals surface area contributed by atoms with Crippen LogP contribution in [0, 0.1) is 17.5 Å². The predicted octanol–water partition coefficient (Wildman–Crippen LogP) is 4.17.